The highest BCUT2D eigenvalue weighted by atomic mass is 35.5. The molecule has 1 aromatic carbocycles. The smallest absolute Gasteiger partial charge is 0.322 e. The normalized spacial score (nSPS) is 18.3. The number of likely N-dealkylation sites (tertiary alicyclic amines) is 1. The van der Waals surface area contributed by atoms with E-state index in [0.717, 1.165) is 18.5 Å². The lowest BCUT2D eigenvalue weighted by Gasteiger charge is -2.29. The molecule has 22 heavy (non-hydrogen) atoms. The lowest BCUT2D eigenvalue weighted by atomic mass is 10.1. The van der Waals surface area contributed by atoms with Gasteiger partial charge in [0, 0.05) is 13.1 Å². The number of aliphatic hydroxyl groups is 1. The highest BCUT2D eigenvalue weighted by Gasteiger charge is 2.22. The second-order valence-electron chi connectivity index (χ2n) is 5.30. The fraction of sp³-hybridized carbons (Fsp3) is 0.333. The SMILES string of the molecule is O=C(Nc1cnn(-c2ccccc2Cl)c1)N1CCC[C@@H](O)C1. The predicted molar refractivity (Wildman–Crippen MR) is 84.4 cm³/mol. The molecule has 0 saturated carbocycles. The summed E-state index contributed by atoms with van der Waals surface area (Å²) < 4.78 is 1.61. The van der Waals surface area contributed by atoms with E-state index in [9.17, 15) is 9.90 Å². The minimum atomic E-state index is -0.439. The third kappa shape index (κ3) is 3.23. The molecule has 0 aliphatic carbocycles. The monoisotopic (exact) mass is 320 g/mol. The number of hydrogen-bond acceptors (Lipinski definition) is 3. The number of β-amino-alcohol motifs (C(OH)–C–C–N with tert-alkyl or cyclic N) is 1. The number of amides is 2. The summed E-state index contributed by atoms with van der Waals surface area (Å²) in [6, 6.07) is 7.13. The van der Waals surface area contributed by atoms with Crippen molar-refractivity contribution < 1.29 is 9.90 Å². The number of nitrogens with zero attached hydrogens (tertiary/aromatic N) is 3. The first kappa shape index (κ1) is 14.9. The van der Waals surface area contributed by atoms with Crippen LogP contribution in [0.5, 0.6) is 0 Å². The van der Waals surface area contributed by atoms with E-state index in [2.05, 4.69) is 10.4 Å². The van der Waals surface area contributed by atoms with Crippen molar-refractivity contribution in [2.75, 3.05) is 18.4 Å². The molecule has 0 unspecified atom stereocenters. The summed E-state index contributed by atoms with van der Waals surface area (Å²) in [7, 11) is 0. The molecule has 1 fully saturated rings. The number of carbonyl (C=O) groups is 1. The van der Waals surface area contributed by atoms with E-state index in [-0.39, 0.29) is 6.03 Å². The van der Waals surface area contributed by atoms with Crippen molar-refractivity contribution >= 4 is 23.3 Å². The van der Waals surface area contributed by atoms with Crippen molar-refractivity contribution in [3.8, 4) is 5.69 Å². The zero-order valence-corrected chi connectivity index (χ0v) is 12.7. The molecule has 1 saturated heterocycles. The van der Waals surface area contributed by atoms with Crippen LogP contribution in [0.2, 0.25) is 5.02 Å². The van der Waals surface area contributed by atoms with Crippen molar-refractivity contribution in [2.24, 2.45) is 0 Å². The standard InChI is InChI=1S/C15H17ClN4O2/c16-13-5-1-2-6-14(13)20-9-11(8-17-20)18-15(22)19-7-3-4-12(21)10-19/h1-2,5-6,8-9,12,21H,3-4,7,10H2,(H,18,22)/t12-/m1/s1. The molecule has 2 N–H and O–H groups in total. The molecule has 0 spiro atoms. The predicted octanol–water partition coefficient (Wildman–Crippen LogP) is 2.51. The van der Waals surface area contributed by atoms with Gasteiger partial charge in [0.05, 0.1) is 34.9 Å². The number of aliphatic hydroxyl groups excluding tert-OH is 1. The van der Waals surface area contributed by atoms with Crippen LogP contribution < -0.4 is 5.32 Å². The van der Waals surface area contributed by atoms with Crippen molar-refractivity contribution in [1.82, 2.24) is 14.7 Å². The average molecular weight is 321 g/mol. The van der Waals surface area contributed by atoms with Crippen molar-refractivity contribution in [1.29, 1.82) is 0 Å². The Labute approximate surface area is 133 Å². The minimum Gasteiger partial charge on any atom is -0.391 e. The third-order valence-corrected chi connectivity index (χ3v) is 3.94. The van der Waals surface area contributed by atoms with E-state index in [1.807, 2.05) is 18.2 Å². The number of anilines is 1. The molecule has 1 aromatic heterocycles. The summed E-state index contributed by atoms with van der Waals surface area (Å²) in [5.41, 5.74) is 1.34. The second-order valence-corrected chi connectivity index (χ2v) is 5.70. The zero-order chi connectivity index (χ0) is 15.5. The molecule has 3 rings (SSSR count). The van der Waals surface area contributed by atoms with Crippen molar-refractivity contribution in [3.63, 3.8) is 0 Å². The van der Waals surface area contributed by atoms with Crippen LogP contribution in [-0.4, -0.2) is 45.0 Å². The van der Waals surface area contributed by atoms with Crippen molar-refractivity contribution in [2.45, 2.75) is 18.9 Å². The van der Waals surface area contributed by atoms with Crippen LogP contribution in [0, 0.1) is 0 Å². The lowest BCUT2D eigenvalue weighted by Crippen LogP contribution is -2.44. The van der Waals surface area contributed by atoms with Gasteiger partial charge < -0.3 is 15.3 Å². The van der Waals surface area contributed by atoms with E-state index < -0.39 is 6.10 Å². The fourth-order valence-corrected chi connectivity index (χ4v) is 2.72. The Morgan fingerprint density at radius 3 is 3.00 bits per heavy atom. The summed E-state index contributed by atoms with van der Waals surface area (Å²) in [5, 5.41) is 17.2. The van der Waals surface area contributed by atoms with Gasteiger partial charge in [-0.2, -0.15) is 5.10 Å². The second kappa shape index (κ2) is 6.37. The number of urea groups is 1. The highest BCUT2D eigenvalue weighted by molar-refractivity contribution is 6.32. The van der Waals surface area contributed by atoms with Crippen molar-refractivity contribution in [3.05, 3.63) is 41.7 Å². The van der Waals surface area contributed by atoms with Gasteiger partial charge in [-0.1, -0.05) is 23.7 Å². The number of aromatic nitrogens is 2. The van der Waals surface area contributed by atoms with Crippen LogP contribution in [0.15, 0.2) is 36.7 Å². The number of rotatable bonds is 2. The average Bonchev–Trinajstić information content (AvgIpc) is 2.96. The van der Waals surface area contributed by atoms with E-state index in [4.69, 9.17) is 11.6 Å². The quantitative estimate of drug-likeness (QED) is 0.893. The van der Waals surface area contributed by atoms with Gasteiger partial charge in [0.2, 0.25) is 0 Å². The van der Waals surface area contributed by atoms with Gasteiger partial charge in [-0.15, -0.1) is 0 Å². The Morgan fingerprint density at radius 2 is 2.23 bits per heavy atom. The molecule has 0 bridgehead atoms. The molecule has 116 valence electrons. The summed E-state index contributed by atoms with van der Waals surface area (Å²) in [4.78, 5) is 13.8. The molecule has 1 aliphatic heterocycles. The molecular weight excluding hydrogens is 304 g/mol. The number of carbonyl (C=O) groups excluding carboxylic acids is 1. The van der Waals surface area contributed by atoms with Crippen LogP contribution in [0.25, 0.3) is 5.69 Å². The number of nitrogens with one attached hydrogen (secondary N) is 1. The first-order chi connectivity index (χ1) is 10.6. The Hall–Kier alpha value is -2.05. The van der Waals surface area contributed by atoms with Gasteiger partial charge >= 0.3 is 6.03 Å². The molecule has 1 aliphatic rings. The van der Waals surface area contributed by atoms with Gasteiger partial charge in [0.15, 0.2) is 0 Å². The van der Waals surface area contributed by atoms with Crippen LogP contribution in [0.3, 0.4) is 0 Å². The first-order valence-electron chi connectivity index (χ1n) is 7.17. The summed E-state index contributed by atoms with van der Waals surface area (Å²) in [6.45, 7) is 1.02. The fourth-order valence-electron chi connectivity index (χ4n) is 2.50. The Balaban J connectivity index is 1.69. The number of hydrogen-bond donors (Lipinski definition) is 2. The van der Waals surface area contributed by atoms with Crippen LogP contribution in [0.4, 0.5) is 10.5 Å². The summed E-state index contributed by atoms with van der Waals surface area (Å²) in [6.07, 6.45) is 4.40. The maximum Gasteiger partial charge on any atom is 0.322 e. The van der Waals surface area contributed by atoms with Gasteiger partial charge in [-0.3, -0.25) is 0 Å². The Kier molecular flexibility index (Phi) is 4.31. The van der Waals surface area contributed by atoms with Gasteiger partial charge in [0.25, 0.3) is 0 Å². The number of para-hydroxylation sites is 1. The summed E-state index contributed by atoms with van der Waals surface area (Å²) in [5.74, 6) is 0. The molecular formula is C15H17ClN4O2. The number of piperidine rings is 1. The van der Waals surface area contributed by atoms with Gasteiger partial charge in [-0.05, 0) is 25.0 Å². The molecule has 7 heteroatoms. The molecule has 2 heterocycles. The number of benzene rings is 1. The molecule has 2 aromatic rings. The van der Waals surface area contributed by atoms with Crippen LogP contribution >= 0.6 is 11.6 Å². The highest BCUT2D eigenvalue weighted by Crippen LogP contribution is 2.20. The molecule has 2 amide bonds. The zero-order valence-electron chi connectivity index (χ0n) is 11.9. The molecule has 6 nitrogen and oxygen atoms in total. The van der Waals surface area contributed by atoms with E-state index in [1.165, 1.54) is 0 Å². The lowest BCUT2D eigenvalue weighted by molar-refractivity contribution is 0.0883. The third-order valence-electron chi connectivity index (χ3n) is 3.62. The van der Waals surface area contributed by atoms with Crippen LogP contribution in [-0.2, 0) is 0 Å². The molecule has 0 radical (unpaired) electrons. The van der Waals surface area contributed by atoms with E-state index in [1.54, 1.807) is 28.0 Å². The topological polar surface area (TPSA) is 70.4 Å². The largest absolute Gasteiger partial charge is 0.391 e. The maximum absolute atomic E-state index is 12.2. The Morgan fingerprint density at radius 1 is 1.41 bits per heavy atom. The first-order valence-corrected chi connectivity index (χ1v) is 7.55. The summed E-state index contributed by atoms with van der Waals surface area (Å²) >= 11 is 6.13. The van der Waals surface area contributed by atoms with Gasteiger partial charge in [-0.25, -0.2) is 9.48 Å². The maximum atomic E-state index is 12.2. The number of halogens is 1. The van der Waals surface area contributed by atoms with E-state index in [0.29, 0.717) is 23.8 Å². The van der Waals surface area contributed by atoms with Crippen LogP contribution in [0.1, 0.15) is 12.8 Å². The van der Waals surface area contributed by atoms with E-state index >= 15 is 0 Å². The molecule has 1 atom stereocenters. The van der Waals surface area contributed by atoms with Gasteiger partial charge in [0.1, 0.15) is 0 Å². The Bertz CT molecular complexity index is 673. The minimum absolute atomic E-state index is 0.225.